The first-order valence-corrected chi connectivity index (χ1v) is 11.4. The zero-order valence-corrected chi connectivity index (χ0v) is 17.2. The third kappa shape index (κ3) is 20.8. The predicted octanol–water partition coefficient (Wildman–Crippen LogP) is 3.83. The van der Waals surface area contributed by atoms with Crippen molar-refractivity contribution in [2.24, 2.45) is 0 Å². The van der Waals surface area contributed by atoms with Gasteiger partial charge in [-0.3, -0.25) is 4.55 Å². The summed E-state index contributed by atoms with van der Waals surface area (Å²) in [7, 11) is -4.06. The number of hydrogen-bond acceptors (Lipinski definition) is 6. The normalized spacial score (nSPS) is 11.6. The summed E-state index contributed by atoms with van der Waals surface area (Å²) in [5.41, 5.74) is 0. The van der Waals surface area contributed by atoms with Gasteiger partial charge in [-0.25, -0.2) is 9.59 Å². The van der Waals surface area contributed by atoms with Crippen LogP contribution in [0.3, 0.4) is 0 Å². The summed E-state index contributed by atoms with van der Waals surface area (Å²) in [6.07, 6.45) is 13.9. The summed E-state index contributed by atoms with van der Waals surface area (Å²) in [5, 5.41) is 0. The van der Waals surface area contributed by atoms with Gasteiger partial charge in [0, 0.05) is 12.2 Å². The van der Waals surface area contributed by atoms with Crippen molar-refractivity contribution in [3.63, 3.8) is 0 Å². The van der Waals surface area contributed by atoms with Crippen LogP contribution in [0.25, 0.3) is 0 Å². The van der Waals surface area contributed by atoms with Gasteiger partial charge in [-0.15, -0.1) is 0 Å². The van der Waals surface area contributed by atoms with Gasteiger partial charge in [0.05, 0.1) is 19.0 Å². The molecule has 7 nitrogen and oxygen atoms in total. The molecule has 27 heavy (non-hydrogen) atoms. The average molecular weight is 407 g/mol. The molecule has 0 aromatic rings. The van der Waals surface area contributed by atoms with E-state index in [4.69, 9.17) is 14.0 Å². The van der Waals surface area contributed by atoms with Crippen LogP contribution in [-0.2, 0) is 29.2 Å². The molecule has 8 heteroatoms. The molecule has 0 aliphatic heterocycles. The van der Waals surface area contributed by atoms with E-state index in [0.717, 1.165) is 31.4 Å². The number of carbonyl (C=O) groups is 2. The van der Waals surface area contributed by atoms with Crippen LogP contribution in [-0.4, -0.2) is 43.9 Å². The summed E-state index contributed by atoms with van der Waals surface area (Å²) < 4.78 is 39.2. The molecular weight excluding hydrogens is 372 g/mol. The monoisotopic (exact) mass is 406 g/mol. The van der Waals surface area contributed by atoms with E-state index in [1.807, 2.05) is 0 Å². The second kappa shape index (κ2) is 16.7. The Morgan fingerprint density at radius 1 is 0.741 bits per heavy atom. The third-order valence-corrected chi connectivity index (χ3v) is 4.69. The van der Waals surface area contributed by atoms with Crippen LogP contribution >= 0.6 is 0 Å². The lowest BCUT2D eigenvalue weighted by Crippen LogP contribution is -2.10. The Bertz CT molecular complexity index is 526. The molecule has 0 bridgehead atoms. The first-order chi connectivity index (χ1) is 12.8. The fourth-order valence-corrected chi connectivity index (χ4v) is 2.89. The molecule has 0 fully saturated rings. The molecule has 158 valence electrons. The Morgan fingerprint density at radius 3 is 1.59 bits per heavy atom. The van der Waals surface area contributed by atoms with Crippen molar-refractivity contribution in [1.82, 2.24) is 0 Å². The van der Waals surface area contributed by atoms with Gasteiger partial charge in [-0.05, 0) is 12.8 Å². The van der Waals surface area contributed by atoms with Crippen LogP contribution < -0.4 is 0 Å². The molecule has 0 saturated carbocycles. The van der Waals surface area contributed by atoms with Gasteiger partial charge >= 0.3 is 11.9 Å². The number of carbonyl (C=O) groups excluding carboxylic acids is 2. The maximum Gasteiger partial charge on any atom is 0.331 e. The molecule has 0 spiro atoms. The second-order valence-corrected chi connectivity index (χ2v) is 8.06. The quantitative estimate of drug-likeness (QED) is 0.169. The molecule has 0 heterocycles. The summed E-state index contributed by atoms with van der Waals surface area (Å²) in [5.74, 6) is -1.85. The SMILES string of the molecule is CCCCCCCCCCCCOC(=O)C=CC(=O)OCCCS(=O)(=O)O. The minimum Gasteiger partial charge on any atom is -0.463 e. The van der Waals surface area contributed by atoms with E-state index in [-0.39, 0.29) is 13.0 Å². The van der Waals surface area contributed by atoms with Crippen molar-refractivity contribution < 1.29 is 32.0 Å². The van der Waals surface area contributed by atoms with Crippen molar-refractivity contribution in [2.45, 2.75) is 77.6 Å². The lowest BCUT2D eigenvalue weighted by atomic mass is 10.1. The highest BCUT2D eigenvalue weighted by Crippen LogP contribution is 2.10. The molecule has 1 N–H and O–H groups in total. The van der Waals surface area contributed by atoms with Crippen LogP contribution in [0.4, 0.5) is 0 Å². The second-order valence-electron chi connectivity index (χ2n) is 6.49. The molecule has 0 aromatic heterocycles. The van der Waals surface area contributed by atoms with E-state index in [2.05, 4.69) is 6.92 Å². The molecule has 0 saturated heterocycles. The zero-order chi connectivity index (χ0) is 20.4. The Balaban J connectivity index is 3.51. The molecule has 0 aliphatic rings. The molecule has 0 amide bonds. The molecule has 0 aromatic carbocycles. The lowest BCUT2D eigenvalue weighted by molar-refractivity contribution is -0.140. The largest absolute Gasteiger partial charge is 0.463 e. The maximum absolute atomic E-state index is 11.4. The predicted molar refractivity (Wildman–Crippen MR) is 104 cm³/mol. The highest BCUT2D eigenvalue weighted by molar-refractivity contribution is 7.85. The van der Waals surface area contributed by atoms with Gasteiger partial charge in [-0.2, -0.15) is 8.42 Å². The van der Waals surface area contributed by atoms with Crippen LogP contribution in [0.2, 0.25) is 0 Å². The number of hydrogen-bond donors (Lipinski definition) is 1. The van der Waals surface area contributed by atoms with E-state index in [1.54, 1.807) is 0 Å². The van der Waals surface area contributed by atoms with E-state index in [1.165, 1.54) is 44.9 Å². The summed E-state index contributed by atoms with van der Waals surface area (Å²) in [6.45, 7) is 2.38. The first kappa shape index (κ1) is 25.6. The third-order valence-electron chi connectivity index (χ3n) is 3.89. The lowest BCUT2D eigenvalue weighted by Gasteiger charge is -2.03. The number of esters is 2. The number of ether oxygens (including phenoxy) is 2. The molecular formula is C19H34O7S. The minimum atomic E-state index is -4.06. The fourth-order valence-electron chi connectivity index (χ4n) is 2.41. The van der Waals surface area contributed by atoms with E-state index >= 15 is 0 Å². The van der Waals surface area contributed by atoms with E-state index < -0.39 is 27.8 Å². The summed E-state index contributed by atoms with van der Waals surface area (Å²) >= 11 is 0. The van der Waals surface area contributed by atoms with Crippen LogP contribution in [0.15, 0.2) is 12.2 Å². The Hall–Kier alpha value is -1.41. The van der Waals surface area contributed by atoms with Crippen LogP contribution in [0.1, 0.15) is 77.6 Å². The molecule has 0 rings (SSSR count). The van der Waals surface area contributed by atoms with Crippen LogP contribution in [0, 0.1) is 0 Å². The molecule has 0 atom stereocenters. The van der Waals surface area contributed by atoms with Gasteiger partial charge in [0.2, 0.25) is 0 Å². The summed E-state index contributed by atoms with van der Waals surface area (Å²) in [6, 6.07) is 0. The standard InChI is InChI=1S/C19H34O7S/c1-2-3-4-5-6-7-8-9-10-11-15-25-18(20)13-14-19(21)26-16-12-17-27(22,23)24/h13-14H,2-12,15-17H2,1H3,(H,22,23,24). The average Bonchev–Trinajstić information content (AvgIpc) is 2.60. The Labute approximate surface area is 163 Å². The van der Waals surface area contributed by atoms with Crippen molar-refractivity contribution in [2.75, 3.05) is 19.0 Å². The van der Waals surface area contributed by atoms with Gasteiger partial charge in [0.1, 0.15) is 0 Å². The van der Waals surface area contributed by atoms with E-state index in [9.17, 15) is 18.0 Å². The minimum absolute atomic E-state index is 0.0123. The zero-order valence-electron chi connectivity index (χ0n) is 16.4. The number of rotatable bonds is 17. The summed E-state index contributed by atoms with van der Waals surface area (Å²) in [4.78, 5) is 22.7. The fraction of sp³-hybridized carbons (Fsp3) is 0.789. The molecule has 0 radical (unpaired) electrons. The van der Waals surface area contributed by atoms with Gasteiger partial charge in [0.25, 0.3) is 10.1 Å². The van der Waals surface area contributed by atoms with Gasteiger partial charge in [0.15, 0.2) is 0 Å². The van der Waals surface area contributed by atoms with Crippen molar-refractivity contribution >= 4 is 22.1 Å². The van der Waals surface area contributed by atoms with Crippen molar-refractivity contribution in [1.29, 1.82) is 0 Å². The maximum atomic E-state index is 11.4. The number of unbranched alkanes of at least 4 members (excludes halogenated alkanes) is 9. The smallest absolute Gasteiger partial charge is 0.331 e. The molecule has 0 aliphatic carbocycles. The Kier molecular flexibility index (Phi) is 15.9. The topological polar surface area (TPSA) is 107 Å². The van der Waals surface area contributed by atoms with Gasteiger partial charge in [-0.1, -0.05) is 64.7 Å². The van der Waals surface area contributed by atoms with Crippen molar-refractivity contribution in [3.8, 4) is 0 Å². The Morgan fingerprint density at radius 2 is 1.15 bits per heavy atom. The highest BCUT2D eigenvalue weighted by Gasteiger charge is 2.05. The van der Waals surface area contributed by atoms with E-state index in [0.29, 0.717) is 6.61 Å². The molecule has 0 unspecified atom stereocenters. The first-order valence-electron chi connectivity index (χ1n) is 9.82. The van der Waals surface area contributed by atoms with Crippen molar-refractivity contribution in [3.05, 3.63) is 12.2 Å². The van der Waals surface area contributed by atoms with Gasteiger partial charge < -0.3 is 9.47 Å². The van der Waals surface area contributed by atoms with Crippen LogP contribution in [0.5, 0.6) is 0 Å². The highest BCUT2D eigenvalue weighted by atomic mass is 32.2.